The fourth-order valence-electron chi connectivity index (χ4n) is 5.66. The highest BCUT2D eigenvalue weighted by Crippen LogP contribution is 2.50. The maximum Gasteiger partial charge on any atom is 0.243 e. The van der Waals surface area contributed by atoms with Crippen LogP contribution in [-0.2, 0) is 21.9 Å². The normalized spacial score (nSPS) is 23.6. The van der Waals surface area contributed by atoms with Crippen molar-refractivity contribution in [3.8, 4) is 5.75 Å². The zero-order valence-electron chi connectivity index (χ0n) is 20.2. The molecule has 1 N–H and O–H groups in total. The summed E-state index contributed by atoms with van der Waals surface area (Å²) in [6.07, 6.45) is 0.654. The van der Waals surface area contributed by atoms with Crippen LogP contribution < -0.4 is 10.1 Å². The van der Waals surface area contributed by atoms with Gasteiger partial charge in [0.25, 0.3) is 0 Å². The minimum absolute atomic E-state index is 0.00340. The SMILES string of the molecule is COc1ccc2c(c1)C(C)(C)[C@H]1CN(S(=O)(=O)c3ccc(C)cc3)[C@@H](Cc3ccccc3)[C@@H]1N2. The van der Waals surface area contributed by atoms with Crippen LogP contribution in [0.25, 0.3) is 0 Å². The van der Waals surface area contributed by atoms with Crippen LogP contribution in [-0.4, -0.2) is 38.5 Å². The summed E-state index contributed by atoms with van der Waals surface area (Å²) < 4.78 is 35.1. The predicted molar refractivity (Wildman–Crippen MR) is 136 cm³/mol. The van der Waals surface area contributed by atoms with Crippen LogP contribution in [0.15, 0.2) is 77.7 Å². The van der Waals surface area contributed by atoms with Crippen LogP contribution in [0, 0.1) is 12.8 Å². The Labute approximate surface area is 202 Å². The van der Waals surface area contributed by atoms with Crippen molar-refractivity contribution in [3.63, 3.8) is 0 Å². The predicted octanol–water partition coefficient (Wildman–Crippen LogP) is 5.01. The topological polar surface area (TPSA) is 58.6 Å². The lowest BCUT2D eigenvalue weighted by Crippen LogP contribution is -2.49. The van der Waals surface area contributed by atoms with E-state index in [1.807, 2.05) is 43.3 Å². The number of nitrogens with one attached hydrogen (secondary N) is 1. The van der Waals surface area contributed by atoms with Crippen LogP contribution >= 0.6 is 0 Å². The van der Waals surface area contributed by atoms with Gasteiger partial charge >= 0.3 is 0 Å². The largest absolute Gasteiger partial charge is 0.497 e. The molecule has 2 aliphatic heterocycles. The smallest absolute Gasteiger partial charge is 0.243 e. The van der Waals surface area contributed by atoms with Crippen molar-refractivity contribution in [2.75, 3.05) is 19.0 Å². The second-order valence-electron chi connectivity index (χ2n) is 10.1. The summed E-state index contributed by atoms with van der Waals surface area (Å²) in [5, 5.41) is 3.74. The Kier molecular flexibility index (Phi) is 5.69. The first-order valence-corrected chi connectivity index (χ1v) is 13.2. The second-order valence-corrected chi connectivity index (χ2v) is 11.9. The molecular formula is C28H32N2O3S. The van der Waals surface area contributed by atoms with Gasteiger partial charge in [0.15, 0.2) is 0 Å². The molecular weight excluding hydrogens is 444 g/mol. The molecule has 5 rings (SSSR count). The van der Waals surface area contributed by atoms with Gasteiger partial charge in [0.1, 0.15) is 5.75 Å². The Morgan fingerprint density at radius 1 is 1.03 bits per heavy atom. The molecule has 0 aliphatic carbocycles. The number of rotatable bonds is 5. The summed E-state index contributed by atoms with van der Waals surface area (Å²) in [6.45, 7) is 6.89. The number of anilines is 1. The first kappa shape index (κ1) is 22.9. The number of fused-ring (bicyclic) bond motifs is 2. The van der Waals surface area contributed by atoms with E-state index in [2.05, 4.69) is 43.4 Å². The van der Waals surface area contributed by atoms with Gasteiger partial charge in [-0.25, -0.2) is 8.42 Å². The van der Waals surface area contributed by atoms with Gasteiger partial charge in [0, 0.05) is 30.2 Å². The molecule has 6 heteroatoms. The Morgan fingerprint density at radius 3 is 2.41 bits per heavy atom. The minimum atomic E-state index is -3.66. The molecule has 0 saturated carbocycles. The molecule has 1 saturated heterocycles. The van der Waals surface area contributed by atoms with Gasteiger partial charge in [-0.15, -0.1) is 0 Å². The molecule has 0 aromatic heterocycles. The zero-order valence-corrected chi connectivity index (χ0v) is 21.0. The van der Waals surface area contributed by atoms with Crippen LogP contribution in [0.3, 0.4) is 0 Å². The standard InChI is InChI=1S/C28H32N2O3S/c1-19-10-13-22(14-11-19)34(31,32)30-18-24-27(26(30)16-20-8-6-5-7-9-20)29-25-15-12-21(33-4)17-23(25)28(24,2)3/h5-15,17,24,26-27,29H,16,18H2,1-4H3/t24-,26-,27+/m0/s1. The van der Waals surface area contributed by atoms with Crippen LogP contribution in [0.5, 0.6) is 5.75 Å². The molecule has 2 heterocycles. The number of sulfonamides is 1. The van der Waals surface area contributed by atoms with Gasteiger partial charge in [0.2, 0.25) is 10.0 Å². The van der Waals surface area contributed by atoms with Gasteiger partial charge in [-0.2, -0.15) is 4.31 Å². The average Bonchev–Trinajstić information content (AvgIpc) is 3.20. The van der Waals surface area contributed by atoms with Crippen molar-refractivity contribution < 1.29 is 13.2 Å². The van der Waals surface area contributed by atoms with Crippen LogP contribution in [0.4, 0.5) is 5.69 Å². The molecule has 0 amide bonds. The lowest BCUT2D eigenvalue weighted by molar-refractivity contribution is 0.300. The number of hydrogen-bond acceptors (Lipinski definition) is 4. The van der Waals surface area contributed by atoms with E-state index in [1.165, 1.54) is 5.56 Å². The fraction of sp³-hybridized carbons (Fsp3) is 0.357. The van der Waals surface area contributed by atoms with E-state index >= 15 is 0 Å². The first-order valence-electron chi connectivity index (χ1n) is 11.8. The van der Waals surface area contributed by atoms with Gasteiger partial charge in [-0.1, -0.05) is 61.9 Å². The summed E-state index contributed by atoms with van der Waals surface area (Å²) in [4.78, 5) is 0.354. The maximum atomic E-state index is 14.0. The monoisotopic (exact) mass is 476 g/mol. The maximum absolute atomic E-state index is 14.0. The van der Waals surface area contributed by atoms with E-state index in [1.54, 1.807) is 23.5 Å². The number of nitrogens with zero attached hydrogens (tertiary/aromatic N) is 1. The Morgan fingerprint density at radius 2 is 1.74 bits per heavy atom. The first-order chi connectivity index (χ1) is 16.2. The zero-order chi connectivity index (χ0) is 24.1. The molecule has 34 heavy (non-hydrogen) atoms. The third-order valence-electron chi connectivity index (χ3n) is 7.68. The van der Waals surface area contributed by atoms with Gasteiger partial charge in [-0.3, -0.25) is 0 Å². The van der Waals surface area contributed by atoms with Crippen LogP contribution in [0.1, 0.15) is 30.5 Å². The average molecular weight is 477 g/mol. The fourth-order valence-corrected chi connectivity index (χ4v) is 7.33. The Bertz CT molecular complexity index is 1290. The molecule has 1 fully saturated rings. The Hall–Kier alpha value is -2.83. The number of ether oxygens (including phenoxy) is 1. The molecule has 3 aromatic carbocycles. The quantitative estimate of drug-likeness (QED) is 0.563. The lowest BCUT2D eigenvalue weighted by Gasteiger charge is -2.44. The van der Waals surface area contributed by atoms with Crippen molar-refractivity contribution in [3.05, 3.63) is 89.5 Å². The van der Waals surface area contributed by atoms with E-state index in [4.69, 9.17) is 4.74 Å². The minimum Gasteiger partial charge on any atom is -0.497 e. The molecule has 0 radical (unpaired) electrons. The van der Waals surface area contributed by atoms with Gasteiger partial charge in [-0.05, 0) is 60.2 Å². The van der Waals surface area contributed by atoms with E-state index in [-0.39, 0.29) is 23.4 Å². The van der Waals surface area contributed by atoms with Crippen LogP contribution in [0.2, 0.25) is 0 Å². The van der Waals surface area contributed by atoms with E-state index in [9.17, 15) is 8.42 Å². The molecule has 3 aromatic rings. The summed E-state index contributed by atoms with van der Waals surface area (Å²) >= 11 is 0. The van der Waals surface area contributed by atoms with Crippen molar-refractivity contribution in [2.24, 2.45) is 5.92 Å². The number of hydrogen-bond donors (Lipinski definition) is 1. The van der Waals surface area contributed by atoms with Crippen molar-refractivity contribution >= 4 is 15.7 Å². The summed E-state index contributed by atoms with van der Waals surface area (Å²) in [7, 11) is -1.99. The van der Waals surface area contributed by atoms with Crippen molar-refractivity contribution in [2.45, 2.75) is 49.6 Å². The summed E-state index contributed by atoms with van der Waals surface area (Å²) in [5.74, 6) is 0.927. The molecule has 178 valence electrons. The van der Waals surface area contributed by atoms with Gasteiger partial charge < -0.3 is 10.1 Å². The Balaban J connectivity index is 1.59. The molecule has 0 unspecified atom stereocenters. The number of benzene rings is 3. The lowest BCUT2D eigenvalue weighted by atomic mass is 9.67. The molecule has 5 nitrogen and oxygen atoms in total. The van der Waals surface area contributed by atoms with E-state index in [0.717, 1.165) is 22.6 Å². The number of aryl methyl sites for hydroxylation is 1. The third-order valence-corrected chi connectivity index (χ3v) is 9.59. The molecule has 0 bridgehead atoms. The summed E-state index contributed by atoms with van der Waals surface area (Å²) in [6, 6.07) is 23.3. The second kappa shape index (κ2) is 8.43. The molecule has 3 atom stereocenters. The molecule has 0 spiro atoms. The van der Waals surface area contributed by atoms with E-state index < -0.39 is 10.0 Å². The number of methoxy groups -OCH3 is 1. The van der Waals surface area contributed by atoms with Gasteiger partial charge in [0.05, 0.1) is 12.0 Å². The van der Waals surface area contributed by atoms with Crippen molar-refractivity contribution in [1.82, 2.24) is 4.31 Å². The highest BCUT2D eigenvalue weighted by Gasteiger charge is 2.55. The summed E-state index contributed by atoms with van der Waals surface area (Å²) in [5.41, 5.74) is 4.17. The highest BCUT2D eigenvalue weighted by atomic mass is 32.2. The third kappa shape index (κ3) is 3.79. The molecule has 2 aliphatic rings. The van der Waals surface area contributed by atoms with Crippen molar-refractivity contribution in [1.29, 1.82) is 0 Å². The highest BCUT2D eigenvalue weighted by molar-refractivity contribution is 7.89. The van der Waals surface area contributed by atoms with E-state index in [0.29, 0.717) is 17.9 Å².